The molecule has 5 nitrogen and oxygen atoms in total. The summed E-state index contributed by atoms with van der Waals surface area (Å²) < 4.78 is 16.0. The van der Waals surface area contributed by atoms with Crippen LogP contribution in [0.1, 0.15) is 11.1 Å². The van der Waals surface area contributed by atoms with Gasteiger partial charge in [-0.25, -0.2) is 0 Å². The number of aliphatic imine (C=N–C) groups is 1. The Kier molecular flexibility index (Phi) is 6.63. The topological polar surface area (TPSA) is 60.3 Å². The summed E-state index contributed by atoms with van der Waals surface area (Å²) in [7, 11) is 4.77. The van der Waals surface area contributed by atoms with Crippen molar-refractivity contribution < 1.29 is 19.3 Å². The zero-order valence-electron chi connectivity index (χ0n) is 14.3. The first-order valence-corrected chi connectivity index (χ1v) is 7.72. The van der Waals surface area contributed by atoms with Crippen molar-refractivity contribution in [3.8, 4) is 17.2 Å². The minimum atomic E-state index is -0.0841. The summed E-state index contributed by atoms with van der Waals surface area (Å²) in [6.07, 6.45) is 0.701. The van der Waals surface area contributed by atoms with Gasteiger partial charge in [0.1, 0.15) is 0 Å². The van der Waals surface area contributed by atoms with E-state index in [1.165, 1.54) is 0 Å². The van der Waals surface area contributed by atoms with Gasteiger partial charge in [0.05, 0.1) is 33.6 Å². The largest absolute Gasteiger partial charge is 0.493 e. The maximum atomic E-state index is 9.52. The quantitative estimate of drug-likeness (QED) is 0.757. The molecule has 24 heavy (non-hydrogen) atoms. The molecule has 0 saturated carbocycles. The molecule has 2 aromatic rings. The molecule has 0 fully saturated rings. The minimum Gasteiger partial charge on any atom is -0.493 e. The van der Waals surface area contributed by atoms with Gasteiger partial charge < -0.3 is 19.3 Å². The lowest BCUT2D eigenvalue weighted by Crippen LogP contribution is -2.08. The molecule has 2 aromatic carbocycles. The van der Waals surface area contributed by atoms with E-state index in [0.717, 1.165) is 11.1 Å². The molecule has 0 heterocycles. The molecule has 0 atom stereocenters. The molecule has 0 unspecified atom stereocenters. The summed E-state index contributed by atoms with van der Waals surface area (Å²) >= 11 is 0. The smallest absolute Gasteiger partial charge is 0.203 e. The molecular weight excluding hydrogens is 306 g/mol. The van der Waals surface area contributed by atoms with Crippen molar-refractivity contribution in [2.45, 2.75) is 6.42 Å². The van der Waals surface area contributed by atoms with E-state index in [2.05, 4.69) is 4.99 Å². The average Bonchev–Trinajstić information content (AvgIpc) is 2.65. The zero-order chi connectivity index (χ0) is 17.4. The van der Waals surface area contributed by atoms with E-state index in [1.54, 1.807) is 21.3 Å². The first kappa shape index (κ1) is 17.8. The summed E-state index contributed by atoms with van der Waals surface area (Å²) in [6.45, 7) is 0.475. The van der Waals surface area contributed by atoms with Crippen LogP contribution >= 0.6 is 0 Å². The Morgan fingerprint density at radius 2 is 1.58 bits per heavy atom. The van der Waals surface area contributed by atoms with Crippen LogP contribution in [0.3, 0.4) is 0 Å². The normalized spacial score (nSPS) is 11.2. The van der Waals surface area contributed by atoms with Crippen molar-refractivity contribution in [3.63, 3.8) is 0 Å². The Morgan fingerprint density at radius 3 is 2.08 bits per heavy atom. The van der Waals surface area contributed by atoms with Crippen LogP contribution in [0.15, 0.2) is 47.5 Å². The van der Waals surface area contributed by atoms with Crippen molar-refractivity contribution in [3.05, 3.63) is 53.6 Å². The van der Waals surface area contributed by atoms with E-state index in [0.29, 0.717) is 35.9 Å². The number of aliphatic hydroxyl groups excluding tert-OH is 1. The van der Waals surface area contributed by atoms with Gasteiger partial charge in [-0.2, -0.15) is 0 Å². The van der Waals surface area contributed by atoms with Gasteiger partial charge in [0.15, 0.2) is 11.5 Å². The van der Waals surface area contributed by atoms with E-state index < -0.39 is 0 Å². The third-order valence-corrected chi connectivity index (χ3v) is 3.68. The fraction of sp³-hybridized carbons (Fsp3) is 0.316. The van der Waals surface area contributed by atoms with Crippen LogP contribution in [0.2, 0.25) is 0 Å². The molecule has 1 N–H and O–H groups in total. The summed E-state index contributed by atoms with van der Waals surface area (Å²) in [5, 5.41) is 9.52. The second-order valence-electron chi connectivity index (χ2n) is 5.14. The zero-order valence-corrected chi connectivity index (χ0v) is 14.3. The number of nitrogens with zero attached hydrogens (tertiary/aromatic N) is 1. The molecule has 0 amide bonds. The van der Waals surface area contributed by atoms with Gasteiger partial charge in [0, 0.05) is 6.54 Å². The third-order valence-electron chi connectivity index (χ3n) is 3.68. The monoisotopic (exact) mass is 329 g/mol. The highest BCUT2D eigenvalue weighted by Crippen LogP contribution is 2.38. The van der Waals surface area contributed by atoms with Gasteiger partial charge in [0.25, 0.3) is 0 Å². The van der Waals surface area contributed by atoms with Gasteiger partial charge in [-0.15, -0.1) is 0 Å². The summed E-state index contributed by atoms with van der Waals surface area (Å²) in [5.41, 5.74) is 2.64. The van der Waals surface area contributed by atoms with Crippen molar-refractivity contribution >= 4 is 5.71 Å². The van der Waals surface area contributed by atoms with Crippen LogP contribution in [0, 0.1) is 0 Å². The van der Waals surface area contributed by atoms with Crippen LogP contribution in [0.5, 0.6) is 17.2 Å². The number of methoxy groups -OCH3 is 3. The van der Waals surface area contributed by atoms with Crippen molar-refractivity contribution in [1.82, 2.24) is 0 Å². The lowest BCUT2D eigenvalue weighted by atomic mass is 10.1. The number of hydrogen-bond acceptors (Lipinski definition) is 5. The molecule has 0 saturated heterocycles. The van der Waals surface area contributed by atoms with E-state index >= 15 is 0 Å². The lowest BCUT2D eigenvalue weighted by Gasteiger charge is -2.13. The molecule has 0 aliphatic heterocycles. The Bertz CT molecular complexity index is 658. The van der Waals surface area contributed by atoms with E-state index in [4.69, 9.17) is 14.2 Å². The Morgan fingerprint density at radius 1 is 0.958 bits per heavy atom. The summed E-state index contributed by atoms with van der Waals surface area (Å²) in [5.74, 6) is 1.83. The van der Waals surface area contributed by atoms with E-state index in [-0.39, 0.29) is 6.61 Å². The number of benzene rings is 2. The highest BCUT2D eigenvalue weighted by atomic mass is 16.5. The molecule has 0 radical (unpaired) electrons. The second kappa shape index (κ2) is 8.93. The molecule has 0 aliphatic carbocycles. The Hall–Kier alpha value is -2.53. The lowest BCUT2D eigenvalue weighted by molar-refractivity contribution is 0.324. The first-order valence-electron chi connectivity index (χ1n) is 7.72. The van der Waals surface area contributed by atoms with Gasteiger partial charge in [-0.05, 0) is 29.7 Å². The summed E-state index contributed by atoms with van der Waals surface area (Å²) in [4.78, 5) is 4.52. The molecule has 128 valence electrons. The molecule has 0 spiro atoms. The highest BCUT2D eigenvalue weighted by Gasteiger charge is 2.13. The fourth-order valence-electron chi connectivity index (χ4n) is 2.46. The van der Waals surface area contributed by atoms with Crippen molar-refractivity contribution in [2.75, 3.05) is 34.5 Å². The summed E-state index contributed by atoms with van der Waals surface area (Å²) in [6, 6.07) is 13.5. The number of aliphatic hydroxyl groups is 1. The maximum Gasteiger partial charge on any atom is 0.203 e. The standard InChI is InChI=1S/C19H23NO4/c1-22-17-11-14(12-18(23-2)19(17)24-3)9-10-20-16(13-21)15-7-5-4-6-8-15/h4-8,11-12,21H,9-10,13H2,1-3H3. The maximum absolute atomic E-state index is 9.52. The van der Waals surface area contributed by atoms with Gasteiger partial charge in [-0.1, -0.05) is 30.3 Å². The molecule has 5 heteroatoms. The van der Waals surface area contributed by atoms with Gasteiger partial charge in [-0.3, -0.25) is 4.99 Å². The predicted octanol–water partition coefficient (Wildman–Crippen LogP) is 2.74. The molecule has 2 rings (SSSR count). The SMILES string of the molecule is COc1cc(CCN=C(CO)c2ccccc2)cc(OC)c1OC. The Labute approximate surface area is 142 Å². The minimum absolute atomic E-state index is 0.0841. The second-order valence-corrected chi connectivity index (χ2v) is 5.14. The van der Waals surface area contributed by atoms with Crippen molar-refractivity contribution in [2.24, 2.45) is 4.99 Å². The van der Waals surface area contributed by atoms with Crippen LogP contribution in [0.25, 0.3) is 0 Å². The van der Waals surface area contributed by atoms with Gasteiger partial charge >= 0.3 is 0 Å². The van der Waals surface area contributed by atoms with E-state index in [1.807, 2.05) is 42.5 Å². The fourth-order valence-corrected chi connectivity index (χ4v) is 2.46. The predicted molar refractivity (Wildman–Crippen MR) is 94.7 cm³/mol. The third kappa shape index (κ3) is 4.26. The van der Waals surface area contributed by atoms with Crippen LogP contribution in [-0.2, 0) is 6.42 Å². The van der Waals surface area contributed by atoms with Crippen LogP contribution in [0.4, 0.5) is 0 Å². The van der Waals surface area contributed by atoms with Crippen molar-refractivity contribution in [1.29, 1.82) is 0 Å². The Balaban J connectivity index is 2.15. The average molecular weight is 329 g/mol. The number of rotatable bonds is 8. The molecule has 0 bridgehead atoms. The first-order chi connectivity index (χ1) is 11.7. The number of hydrogen-bond donors (Lipinski definition) is 1. The van der Waals surface area contributed by atoms with Gasteiger partial charge in [0.2, 0.25) is 5.75 Å². The van der Waals surface area contributed by atoms with Crippen LogP contribution < -0.4 is 14.2 Å². The molecule has 0 aliphatic rings. The highest BCUT2D eigenvalue weighted by molar-refractivity contribution is 6.01. The molecule has 0 aromatic heterocycles. The van der Waals surface area contributed by atoms with Crippen LogP contribution in [-0.4, -0.2) is 45.3 Å². The number of ether oxygens (including phenoxy) is 3. The molecular formula is C19H23NO4. The van der Waals surface area contributed by atoms with E-state index in [9.17, 15) is 5.11 Å².